The van der Waals surface area contributed by atoms with Crippen molar-refractivity contribution in [3.8, 4) is 6.07 Å². The number of nitriles is 1. The molecular weight excluding hydrogens is 366 g/mol. The summed E-state index contributed by atoms with van der Waals surface area (Å²) in [6.45, 7) is 6.09. The van der Waals surface area contributed by atoms with E-state index in [4.69, 9.17) is 0 Å². The van der Waals surface area contributed by atoms with Crippen LogP contribution in [0, 0.1) is 24.2 Å². The molecule has 0 saturated carbocycles. The highest BCUT2D eigenvalue weighted by Crippen LogP contribution is 2.38. The summed E-state index contributed by atoms with van der Waals surface area (Å²) in [6, 6.07) is 10.2. The Labute approximate surface area is 169 Å². The fraction of sp³-hybridized carbons (Fsp3) is 0.333. The molecule has 1 amide bonds. The molecule has 1 atom stereocenters. The number of allylic oxidation sites excluding steroid dienone is 1. The Hall–Kier alpha value is -3.44. The molecule has 148 valence electrons. The van der Waals surface area contributed by atoms with Crippen molar-refractivity contribution in [1.29, 1.82) is 5.26 Å². The van der Waals surface area contributed by atoms with Crippen LogP contribution >= 0.6 is 0 Å². The third-order valence-electron chi connectivity index (χ3n) is 5.26. The molecule has 1 aromatic heterocycles. The molecule has 4 rings (SSSR count). The average Bonchev–Trinajstić information content (AvgIpc) is 3.38. The lowest BCUT2D eigenvalue weighted by Gasteiger charge is -2.19. The third-order valence-corrected chi connectivity index (χ3v) is 5.26. The highest BCUT2D eigenvalue weighted by Gasteiger charge is 2.28. The first-order chi connectivity index (χ1) is 14.1. The van der Waals surface area contributed by atoms with E-state index in [1.165, 1.54) is 0 Å². The standard InChI is InChI=1S/C21H23N7O/c1-3-28-17-7-5-4-6-16(17)25-19(28)15(10-22)18-13(2)11-24-21(26-18)27-20(29)14-8-9-23-12-14/h4-7,11,14,23,25H,3,8-9,12H2,1-2H3,(H,24,26,27,29). The summed E-state index contributed by atoms with van der Waals surface area (Å²) in [5, 5.41) is 19.3. The molecule has 8 heteroatoms. The molecule has 0 aliphatic carbocycles. The molecule has 0 spiro atoms. The summed E-state index contributed by atoms with van der Waals surface area (Å²) in [7, 11) is 0. The summed E-state index contributed by atoms with van der Waals surface area (Å²) < 4.78 is 0. The fourth-order valence-electron chi connectivity index (χ4n) is 3.72. The van der Waals surface area contributed by atoms with Crippen LogP contribution in [0.1, 0.15) is 24.6 Å². The van der Waals surface area contributed by atoms with E-state index < -0.39 is 0 Å². The van der Waals surface area contributed by atoms with Crippen LogP contribution in [0.2, 0.25) is 0 Å². The highest BCUT2D eigenvalue weighted by molar-refractivity contribution is 5.93. The summed E-state index contributed by atoms with van der Waals surface area (Å²) in [4.78, 5) is 23.2. The molecule has 8 nitrogen and oxygen atoms in total. The number of hydrogen-bond acceptors (Lipinski definition) is 7. The number of aromatic nitrogens is 2. The smallest absolute Gasteiger partial charge is 0.231 e. The molecule has 0 bridgehead atoms. The number of nitrogens with zero attached hydrogens (tertiary/aromatic N) is 4. The highest BCUT2D eigenvalue weighted by atomic mass is 16.2. The van der Waals surface area contributed by atoms with Crippen molar-refractivity contribution in [3.05, 3.63) is 47.5 Å². The van der Waals surface area contributed by atoms with E-state index in [0.717, 1.165) is 29.9 Å². The molecule has 1 saturated heterocycles. The lowest BCUT2D eigenvalue weighted by molar-refractivity contribution is -0.119. The van der Waals surface area contributed by atoms with Gasteiger partial charge in [0.05, 0.1) is 23.0 Å². The Bertz CT molecular complexity index is 1020. The first-order valence-electron chi connectivity index (χ1n) is 9.76. The zero-order valence-electron chi connectivity index (χ0n) is 16.5. The van der Waals surface area contributed by atoms with Gasteiger partial charge in [-0.05, 0) is 44.5 Å². The van der Waals surface area contributed by atoms with Gasteiger partial charge in [0.2, 0.25) is 11.9 Å². The minimum Gasteiger partial charge on any atom is -0.339 e. The minimum atomic E-state index is -0.0995. The second kappa shape index (κ2) is 7.89. The maximum atomic E-state index is 12.4. The number of hydrogen-bond donors (Lipinski definition) is 3. The van der Waals surface area contributed by atoms with Gasteiger partial charge in [0.15, 0.2) is 0 Å². The number of carbonyl (C=O) groups is 1. The van der Waals surface area contributed by atoms with Crippen LogP contribution in [-0.4, -0.2) is 35.5 Å². The molecule has 3 N–H and O–H groups in total. The lowest BCUT2D eigenvalue weighted by atomic mass is 10.1. The molecule has 1 unspecified atom stereocenters. The third kappa shape index (κ3) is 3.52. The molecule has 1 fully saturated rings. The zero-order chi connectivity index (χ0) is 20.4. The number of amides is 1. The molecule has 2 aliphatic heterocycles. The van der Waals surface area contributed by atoms with Crippen LogP contribution in [0.5, 0.6) is 0 Å². The van der Waals surface area contributed by atoms with Crippen molar-refractivity contribution < 1.29 is 4.79 Å². The molecule has 2 aromatic rings. The first-order valence-corrected chi connectivity index (χ1v) is 9.76. The lowest BCUT2D eigenvalue weighted by Crippen LogP contribution is -2.26. The maximum absolute atomic E-state index is 12.4. The van der Waals surface area contributed by atoms with Crippen molar-refractivity contribution in [2.75, 3.05) is 35.2 Å². The largest absolute Gasteiger partial charge is 0.339 e. The van der Waals surface area contributed by atoms with Crippen LogP contribution in [-0.2, 0) is 4.79 Å². The quantitative estimate of drug-likeness (QED) is 0.690. The van der Waals surface area contributed by atoms with Crippen LogP contribution in [0.4, 0.5) is 17.3 Å². The molecule has 0 radical (unpaired) electrons. The number of carbonyl (C=O) groups excluding carboxylic acids is 1. The summed E-state index contributed by atoms with van der Waals surface area (Å²) in [5.41, 5.74) is 3.67. The number of anilines is 3. The summed E-state index contributed by atoms with van der Waals surface area (Å²) in [5.74, 6) is 0.723. The number of aryl methyl sites for hydroxylation is 1. The normalized spacial score (nSPS) is 19.3. The Morgan fingerprint density at radius 2 is 2.24 bits per heavy atom. The van der Waals surface area contributed by atoms with Crippen LogP contribution in [0.3, 0.4) is 0 Å². The number of fused-ring (bicyclic) bond motifs is 1. The number of nitrogens with one attached hydrogen (secondary N) is 3. The summed E-state index contributed by atoms with van der Waals surface area (Å²) in [6.07, 6.45) is 2.44. The van der Waals surface area contributed by atoms with Crippen molar-refractivity contribution in [2.45, 2.75) is 20.3 Å². The zero-order valence-corrected chi connectivity index (χ0v) is 16.5. The van der Waals surface area contributed by atoms with E-state index in [1.807, 2.05) is 38.1 Å². The van der Waals surface area contributed by atoms with Gasteiger partial charge in [-0.1, -0.05) is 12.1 Å². The van der Waals surface area contributed by atoms with E-state index in [9.17, 15) is 10.1 Å². The Balaban J connectivity index is 1.70. The SMILES string of the molecule is CCN1C(=C(C#N)c2nc(NC(=O)C3CCNC3)ncc2C)Nc2ccccc21. The van der Waals surface area contributed by atoms with Gasteiger partial charge in [-0.2, -0.15) is 5.26 Å². The first kappa shape index (κ1) is 18.9. The monoisotopic (exact) mass is 389 g/mol. The van der Waals surface area contributed by atoms with Gasteiger partial charge in [-0.3, -0.25) is 10.1 Å². The van der Waals surface area contributed by atoms with E-state index in [1.54, 1.807) is 6.20 Å². The van der Waals surface area contributed by atoms with Gasteiger partial charge in [-0.25, -0.2) is 9.97 Å². The second-order valence-electron chi connectivity index (χ2n) is 7.13. The maximum Gasteiger partial charge on any atom is 0.231 e. The number of benzene rings is 1. The average molecular weight is 389 g/mol. The van der Waals surface area contributed by atoms with Gasteiger partial charge < -0.3 is 15.5 Å². The molecule has 29 heavy (non-hydrogen) atoms. The van der Waals surface area contributed by atoms with Gasteiger partial charge in [0.1, 0.15) is 17.5 Å². The Morgan fingerprint density at radius 3 is 2.97 bits per heavy atom. The van der Waals surface area contributed by atoms with Crippen molar-refractivity contribution >= 4 is 28.8 Å². The predicted molar refractivity (Wildman–Crippen MR) is 112 cm³/mol. The van der Waals surface area contributed by atoms with Crippen molar-refractivity contribution in [2.24, 2.45) is 5.92 Å². The Morgan fingerprint density at radius 1 is 1.41 bits per heavy atom. The van der Waals surface area contributed by atoms with E-state index in [2.05, 4.69) is 36.9 Å². The Kier molecular flexibility index (Phi) is 5.14. The number of para-hydroxylation sites is 2. The predicted octanol–water partition coefficient (Wildman–Crippen LogP) is 2.48. The molecule has 1 aromatic carbocycles. The van der Waals surface area contributed by atoms with Crippen LogP contribution in [0.15, 0.2) is 36.3 Å². The van der Waals surface area contributed by atoms with Gasteiger partial charge >= 0.3 is 0 Å². The van der Waals surface area contributed by atoms with Gasteiger partial charge in [0, 0.05) is 19.3 Å². The molecular formula is C21H23N7O. The van der Waals surface area contributed by atoms with Gasteiger partial charge in [-0.15, -0.1) is 0 Å². The second-order valence-corrected chi connectivity index (χ2v) is 7.13. The summed E-state index contributed by atoms with van der Waals surface area (Å²) >= 11 is 0. The van der Waals surface area contributed by atoms with E-state index in [-0.39, 0.29) is 17.8 Å². The fourth-order valence-corrected chi connectivity index (χ4v) is 3.72. The topological polar surface area (TPSA) is 106 Å². The van der Waals surface area contributed by atoms with Crippen molar-refractivity contribution in [3.63, 3.8) is 0 Å². The van der Waals surface area contributed by atoms with Crippen LogP contribution < -0.4 is 20.9 Å². The minimum absolute atomic E-state index is 0.0845. The van der Waals surface area contributed by atoms with Crippen molar-refractivity contribution in [1.82, 2.24) is 15.3 Å². The molecule has 3 heterocycles. The molecule has 2 aliphatic rings. The number of rotatable bonds is 4. The van der Waals surface area contributed by atoms with Gasteiger partial charge in [0.25, 0.3) is 0 Å². The van der Waals surface area contributed by atoms with E-state index in [0.29, 0.717) is 30.2 Å². The van der Waals surface area contributed by atoms with E-state index >= 15 is 0 Å². The van der Waals surface area contributed by atoms with Crippen LogP contribution in [0.25, 0.3) is 5.57 Å².